The smallest absolute Gasteiger partial charge is 0.0485 e. The number of thioether (sulfide) groups is 1. The largest absolute Gasteiger partial charge is 0.396 e. The Kier molecular flexibility index (Phi) is 2.79. The van der Waals surface area contributed by atoms with Gasteiger partial charge < -0.3 is 5.11 Å². The summed E-state index contributed by atoms with van der Waals surface area (Å²) in [5.41, 5.74) is 0.0903. The van der Waals surface area contributed by atoms with E-state index < -0.39 is 0 Å². The van der Waals surface area contributed by atoms with Crippen molar-refractivity contribution in [3.8, 4) is 0 Å². The first-order valence-corrected chi connectivity index (χ1v) is 5.63. The van der Waals surface area contributed by atoms with Crippen molar-refractivity contribution in [3.05, 3.63) is 0 Å². The molecule has 1 fully saturated rings. The molecule has 2 heteroatoms. The zero-order valence-corrected chi connectivity index (χ0v) is 9.37. The summed E-state index contributed by atoms with van der Waals surface area (Å²) in [5, 5.41) is 9.28. The van der Waals surface area contributed by atoms with Gasteiger partial charge in [0.25, 0.3) is 0 Å². The van der Waals surface area contributed by atoms with Gasteiger partial charge in [-0.2, -0.15) is 11.8 Å². The van der Waals surface area contributed by atoms with Crippen LogP contribution in [0.15, 0.2) is 0 Å². The number of aliphatic hydroxyl groups excluding tert-OH is 1. The Morgan fingerprint density at radius 1 is 1.50 bits per heavy atom. The fraction of sp³-hybridized carbons (Fsp3) is 1.00. The van der Waals surface area contributed by atoms with E-state index in [4.69, 9.17) is 0 Å². The quantitative estimate of drug-likeness (QED) is 0.718. The van der Waals surface area contributed by atoms with Gasteiger partial charge in [-0.25, -0.2) is 0 Å². The highest BCUT2D eigenvalue weighted by Crippen LogP contribution is 2.50. The maximum atomic E-state index is 9.28. The van der Waals surface area contributed by atoms with E-state index in [1.54, 1.807) is 0 Å². The van der Waals surface area contributed by atoms with Crippen LogP contribution >= 0.6 is 11.8 Å². The van der Waals surface area contributed by atoms with Crippen molar-refractivity contribution in [3.63, 3.8) is 0 Å². The van der Waals surface area contributed by atoms with Gasteiger partial charge in [-0.15, -0.1) is 0 Å². The van der Waals surface area contributed by atoms with E-state index in [0.717, 1.165) is 0 Å². The van der Waals surface area contributed by atoms with Gasteiger partial charge in [0, 0.05) is 11.4 Å². The molecule has 1 aliphatic rings. The molecule has 0 bridgehead atoms. The van der Waals surface area contributed by atoms with E-state index in [2.05, 4.69) is 27.7 Å². The SMILES string of the molecule is CC(C)(CO)C1CCSC1(C)C. The standard InChI is InChI=1S/C10H20OS/c1-9(2,7-11)8-5-6-12-10(8,3)4/h8,11H,5-7H2,1-4H3. The van der Waals surface area contributed by atoms with Crippen LogP contribution in [-0.2, 0) is 0 Å². The van der Waals surface area contributed by atoms with E-state index in [0.29, 0.717) is 17.3 Å². The average Bonchev–Trinajstić information content (AvgIpc) is 2.30. The molecular formula is C10H20OS. The zero-order valence-electron chi connectivity index (χ0n) is 8.55. The number of rotatable bonds is 2. The third-order valence-corrected chi connectivity index (χ3v) is 4.54. The third-order valence-electron chi connectivity index (χ3n) is 3.07. The van der Waals surface area contributed by atoms with Crippen LogP contribution in [0.4, 0.5) is 0 Å². The van der Waals surface area contributed by atoms with E-state index in [-0.39, 0.29) is 5.41 Å². The van der Waals surface area contributed by atoms with Crippen molar-refractivity contribution in [2.45, 2.75) is 38.9 Å². The Bertz CT molecular complexity index is 163. The highest BCUT2D eigenvalue weighted by molar-refractivity contribution is 8.00. The van der Waals surface area contributed by atoms with Crippen molar-refractivity contribution >= 4 is 11.8 Å². The molecule has 0 spiro atoms. The summed E-state index contributed by atoms with van der Waals surface area (Å²) in [4.78, 5) is 0. The number of aliphatic hydroxyl groups is 1. The first-order chi connectivity index (χ1) is 5.40. The molecule has 1 heterocycles. The van der Waals surface area contributed by atoms with Crippen molar-refractivity contribution < 1.29 is 5.11 Å². The zero-order chi connectivity index (χ0) is 9.41. The Hall–Kier alpha value is 0.310. The van der Waals surface area contributed by atoms with Crippen LogP contribution in [-0.4, -0.2) is 22.2 Å². The molecule has 0 aromatic rings. The van der Waals surface area contributed by atoms with Gasteiger partial charge in [0.2, 0.25) is 0 Å². The van der Waals surface area contributed by atoms with Gasteiger partial charge in [0.1, 0.15) is 0 Å². The molecule has 0 amide bonds. The Morgan fingerprint density at radius 3 is 2.42 bits per heavy atom. The van der Waals surface area contributed by atoms with Crippen LogP contribution in [0.3, 0.4) is 0 Å². The summed E-state index contributed by atoms with van der Waals surface area (Å²) in [7, 11) is 0. The lowest BCUT2D eigenvalue weighted by atomic mass is 9.72. The minimum atomic E-state index is 0.0903. The topological polar surface area (TPSA) is 20.2 Å². The molecule has 12 heavy (non-hydrogen) atoms. The van der Waals surface area contributed by atoms with Crippen molar-refractivity contribution in [2.24, 2.45) is 11.3 Å². The second-order valence-corrected chi connectivity index (χ2v) is 6.69. The molecule has 72 valence electrons. The molecule has 1 rings (SSSR count). The highest BCUT2D eigenvalue weighted by Gasteiger charge is 2.43. The van der Waals surface area contributed by atoms with Crippen molar-refractivity contribution in [1.82, 2.24) is 0 Å². The molecule has 1 N–H and O–H groups in total. The molecule has 0 aliphatic carbocycles. The highest BCUT2D eigenvalue weighted by atomic mass is 32.2. The molecule has 1 saturated heterocycles. The lowest BCUT2D eigenvalue weighted by Crippen LogP contribution is -2.37. The molecule has 0 aromatic carbocycles. The summed E-state index contributed by atoms with van der Waals surface area (Å²) in [6.07, 6.45) is 1.26. The summed E-state index contributed by atoms with van der Waals surface area (Å²) in [6, 6.07) is 0. The molecule has 0 saturated carbocycles. The van der Waals surface area contributed by atoms with Gasteiger partial charge >= 0.3 is 0 Å². The lowest BCUT2D eigenvalue weighted by Gasteiger charge is -2.38. The fourth-order valence-corrected chi connectivity index (χ4v) is 3.85. The number of hydrogen-bond acceptors (Lipinski definition) is 2. The van der Waals surface area contributed by atoms with Crippen molar-refractivity contribution in [1.29, 1.82) is 0 Å². The lowest BCUT2D eigenvalue weighted by molar-refractivity contribution is 0.0819. The van der Waals surface area contributed by atoms with E-state index in [1.165, 1.54) is 12.2 Å². The predicted molar refractivity (Wildman–Crippen MR) is 55.5 cm³/mol. The second-order valence-electron chi connectivity index (χ2n) is 4.94. The van der Waals surface area contributed by atoms with Gasteiger partial charge in [-0.05, 0) is 23.5 Å². The van der Waals surface area contributed by atoms with E-state index >= 15 is 0 Å². The molecule has 1 aliphatic heterocycles. The Balaban J connectivity index is 2.74. The molecule has 0 aromatic heterocycles. The minimum Gasteiger partial charge on any atom is -0.396 e. The minimum absolute atomic E-state index is 0.0903. The van der Waals surface area contributed by atoms with Crippen LogP contribution in [0, 0.1) is 11.3 Å². The number of hydrogen-bond donors (Lipinski definition) is 1. The van der Waals surface area contributed by atoms with Crippen LogP contribution in [0.2, 0.25) is 0 Å². The van der Waals surface area contributed by atoms with Gasteiger partial charge in [-0.3, -0.25) is 0 Å². The average molecular weight is 188 g/mol. The fourth-order valence-electron chi connectivity index (χ4n) is 2.33. The molecule has 1 unspecified atom stereocenters. The van der Waals surface area contributed by atoms with Crippen molar-refractivity contribution in [2.75, 3.05) is 12.4 Å². The summed E-state index contributed by atoms with van der Waals surface area (Å²) in [5.74, 6) is 1.90. The third kappa shape index (κ3) is 1.80. The summed E-state index contributed by atoms with van der Waals surface area (Å²) < 4.78 is 0.353. The maximum absolute atomic E-state index is 9.28. The molecule has 0 radical (unpaired) electrons. The second kappa shape index (κ2) is 3.22. The normalized spacial score (nSPS) is 29.2. The molecule has 1 atom stereocenters. The van der Waals surface area contributed by atoms with Crippen LogP contribution in [0.1, 0.15) is 34.1 Å². The first-order valence-electron chi connectivity index (χ1n) is 4.65. The van der Waals surface area contributed by atoms with Gasteiger partial charge in [0.05, 0.1) is 0 Å². The molecular weight excluding hydrogens is 168 g/mol. The predicted octanol–water partition coefficient (Wildman–Crippen LogP) is 2.54. The monoisotopic (exact) mass is 188 g/mol. The van der Waals surface area contributed by atoms with E-state index in [1.807, 2.05) is 11.8 Å². The van der Waals surface area contributed by atoms with Gasteiger partial charge in [0.15, 0.2) is 0 Å². The maximum Gasteiger partial charge on any atom is 0.0485 e. The van der Waals surface area contributed by atoms with Crippen LogP contribution < -0.4 is 0 Å². The van der Waals surface area contributed by atoms with Gasteiger partial charge in [-0.1, -0.05) is 27.7 Å². The summed E-state index contributed by atoms with van der Waals surface area (Å²) >= 11 is 2.04. The Labute approximate surface area is 79.9 Å². The van der Waals surface area contributed by atoms with Crippen LogP contribution in [0.25, 0.3) is 0 Å². The van der Waals surface area contributed by atoms with E-state index in [9.17, 15) is 5.11 Å². The first kappa shape index (κ1) is 10.4. The van der Waals surface area contributed by atoms with Crippen LogP contribution in [0.5, 0.6) is 0 Å². The Morgan fingerprint density at radius 2 is 2.08 bits per heavy atom. The summed E-state index contributed by atoms with van der Waals surface area (Å²) in [6.45, 7) is 9.25. The molecule has 1 nitrogen and oxygen atoms in total.